The van der Waals surface area contributed by atoms with E-state index >= 15 is 0 Å². The van der Waals surface area contributed by atoms with Gasteiger partial charge in [0, 0.05) is 12.4 Å². The third kappa shape index (κ3) is 5.99. The minimum absolute atomic E-state index is 0.0310. The fourth-order valence-electron chi connectivity index (χ4n) is 2.75. The van der Waals surface area contributed by atoms with Crippen molar-refractivity contribution in [1.29, 1.82) is 0 Å². The molecule has 1 aromatic heterocycles. The molecule has 0 spiro atoms. The second-order valence-corrected chi connectivity index (χ2v) is 7.59. The number of carbonyl (C=O) groups excluding carboxylic acids is 2. The average molecular weight is 413 g/mol. The number of rotatable bonds is 9. The summed E-state index contributed by atoms with van der Waals surface area (Å²) in [4.78, 5) is 27.8. The molecule has 0 saturated carbocycles. The van der Waals surface area contributed by atoms with E-state index in [4.69, 9.17) is 9.15 Å². The fraction of sp³-hybridized carbons (Fsp3) is 0.286. The number of hydrogen-bond acceptors (Lipinski definition) is 7. The number of aliphatic carboxylic acids is 1. The summed E-state index contributed by atoms with van der Waals surface area (Å²) >= 11 is 1.15. The van der Waals surface area contributed by atoms with Crippen molar-refractivity contribution >= 4 is 34.7 Å². The number of nitrogens with zero attached hydrogens (tertiary/aromatic N) is 1. The summed E-state index contributed by atoms with van der Waals surface area (Å²) in [6, 6.07) is 13.6. The van der Waals surface area contributed by atoms with E-state index < -0.39 is 12.0 Å². The van der Waals surface area contributed by atoms with Gasteiger partial charge >= 0.3 is 0 Å². The first-order chi connectivity index (χ1) is 13.9. The number of aromatic nitrogens is 1. The summed E-state index contributed by atoms with van der Waals surface area (Å²) in [6.45, 7) is 3.84. The fourth-order valence-corrected chi connectivity index (χ4v) is 3.40. The van der Waals surface area contributed by atoms with Crippen LogP contribution in [-0.4, -0.2) is 28.7 Å². The average Bonchev–Trinajstić information content (AvgIpc) is 3.09. The predicted molar refractivity (Wildman–Crippen MR) is 107 cm³/mol. The van der Waals surface area contributed by atoms with Crippen LogP contribution in [0.15, 0.2) is 58.2 Å². The molecule has 1 N–H and O–H groups in total. The molecule has 0 aliphatic carbocycles. The molecule has 8 heteroatoms. The highest BCUT2D eigenvalue weighted by atomic mass is 32.2. The molecule has 1 amide bonds. The number of carbonyl (C=O) groups is 2. The van der Waals surface area contributed by atoms with E-state index in [1.807, 2.05) is 32.0 Å². The van der Waals surface area contributed by atoms with Gasteiger partial charge in [-0.2, -0.15) is 0 Å². The summed E-state index contributed by atoms with van der Waals surface area (Å²) in [7, 11) is 0. The third-order valence-corrected chi connectivity index (χ3v) is 4.79. The van der Waals surface area contributed by atoms with Gasteiger partial charge in [0.05, 0.1) is 17.9 Å². The van der Waals surface area contributed by atoms with E-state index in [2.05, 4.69) is 10.3 Å². The second-order valence-electron chi connectivity index (χ2n) is 6.67. The van der Waals surface area contributed by atoms with Crippen molar-refractivity contribution < 1.29 is 23.8 Å². The first-order valence-electron chi connectivity index (χ1n) is 9.15. The number of benzene rings is 2. The first kappa shape index (κ1) is 20.7. The van der Waals surface area contributed by atoms with Crippen molar-refractivity contribution in [3.8, 4) is 5.75 Å². The predicted octanol–water partition coefficient (Wildman–Crippen LogP) is 2.70. The number of para-hydroxylation sites is 2. The number of fused-ring (bicyclic) bond motifs is 1. The Morgan fingerprint density at radius 3 is 2.55 bits per heavy atom. The highest BCUT2D eigenvalue weighted by Crippen LogP contribution is 2.24. The lowest BCUT2D eigenvalue weighted by Gasteiger charge is -2.20. The van der Waals surface area contributed by atoms with Crippen LogP contribution >= 0.6 is 11.8 Å². The molecule has 0 bridgehead atoms. The summed E-state index contributed by atoms with van der Waals surface area (Å²) in [5.41, 5.74) is 2.02. The second kappa shape index (κ2) is 9.47. The van der Waals surface area contributed by atoms with Crippen LogP contribution in [0.2, 0.25) is 0 Å². The molecule has 152 valence electrons. The third-order valence-electron chi connectivity index (χ3n) is 3.96. The van der Waals surface area contributed by atoms with Crippen LogP contribution in [-0.2, 0) is 9.59 Å². The van der Waals surface area contributed by atoms with Crippen LogP contribution in [0.5, 0.6) is 5.75 Å². The molecule has 0 saturated heterocycles. The quantitative estimate of drug-likeness (QED) is 0.538. The first-order valence-corrected chi connectivity index (χ1v) is 10.1. The monoisotopic (exact) mass is 413 g/mol. The Balaban J connectivity index is 1.62. The molecule has 1 heterocycles. The molecule has 1 atom stereocenters. The van der Waals surface area contributed by atoms with E-state index in [0.29, 0.717) is 27.6 Å². The van der Waals surface area contributed by atoms with Crippen molar-refractivity contribution in [2.75, 3.05) is 5.75 Å². The van der Waals surface area contributed by atoms with Gasteiger partial charge in [0.2, 0.25) is 5.91 Å². The van der Waals surface area contributed by atoms with Crippen LogP contribution in [0.25, 0.3) is 11.1 Å². The molecule has 3 aromatic rings. The number of amides is 1. The van der Waals surface area contributed by atoms with Crippen molar-refractivity contribution in [2.45, 2.75) is 37.6 Å². The Labute approximate surface area is 172 Å². The minimum Gasteiger partial charge on any atom is -0.550 e. The molecule has 0 aliphatic heterocycles. The SMILES string of the molecule is CC(C)Oc1ccc([C@@H](CC(=O)[O-])NC(=O)CSc2nc3ccccc3o2)cc1. The summed E-state index contributed by atoms with van der Waals surface area (Å²) in [6.07, 6.45) is -0.299. The van der Waals surface area contributed by atoms with E-state index in [0.717, 1.165) is 11.8 Å². The zero-order valence-corrected chi connectivity index (χ0v) is 16.9. The molecule has 0 unspecified atom stereocenters. The van der Waals surface area contributed by atoms with E-state index in [-0.39, 0.29) is 24.2 Å². The molecule has 0 fully saturated rings. The lowest BCUT2D eigenvalue weighted by molar-refractivity contribution is -0.306. The Kier molecular flexibility index (Phi) is 6.77. The lowest BCUT2D eigenvalue weighted by Crippen LogP contribution is -2.35. The molecule has 29 heavy (non-hydrogen) atoms. The number of carboxylic acids is 1. The summed E-state index contributed by atoms with van der Waals surface area (Å²) in [5.74, 6) is -0.852. The molecular formula is C21H21N2O5S-. The van der Waals surface area contributed by atoms with E-state index in [1.54, 1.807) is 30.3 Å². The standard InChI is InChI=1S/C21H22N2O5S/c1-13(2)27-15-9-7-14(8-10-15)17(11-20(25)26)22-19(24)12-29-21-23-16-5-3-4-6-18(16)28-21/h3-10,13,17H,11-12H2,1-2H3,(H,22,24)(H,25,26)/p-1/t17-/m1/s1. The van der Waals surface area contributed by atoms with Gasteiger partial charge < -0.3 is 24.4 Å². The summed E-state index contributed by atoms with van der Waals surface area (Å²) in [5, 5.41) is 14.3. The van der Waals surface area contributed by atoms with Crippen LogP contribution < -0.4 is 15.2 Å². The van der Waals surface area contributed by atoms with E-state index in [9.17, 15) is 14.7 Å². The largest absolute Gasteiger partial charge is 0.550 e. The zero-order valence-electron chi connectivity index (χ0n) is 16.1. The molecule has 0 radical (unpaired) electrons. The highest BCUT2D eigenvalue weighted by molar-refractivity contribution is 7.99. The van der Waals surface area contributed by atoms with Crippen molar-refractivity contribution in [2.24, 2.45) is 0 Å². The van der Waals surface area contributed by atoms with Crippen molar-refractivity contribution in [3.63, 3.8) is 0 Å². The Hall–Kier alpha value is -3.00. The molecular weight excluding hydrogens is 392 g/mol. The number of hydrogen-bond donors (Lipinski definition) is 1. The number of oxazole rings is 1. The van der Waals surface area contributed by atoms with Gasteiger partial charge in [-0.05, 0) is 43.7 Å². The van der Waals surface area contributed by atoms with Gasteiger partial charge in [0.1, 0.15) is 11.3 Å². The maximum atomic E-state index is 12.4. The van der Waals surface area contributed by atoms with Crippen LogP contribution in [0.4, 0.5) is 0 Å². The van der Waals surface area contributed by atoms with Gasteiger partial charge in [0.25, 0.3) is 5.22 Å². The molecule has 3 rings (SSSR count). The van der Waals surface area contributed by atoms with Crippen LogP contribution in [0.1, 0.15) is 31.9 Å². The van der Waals surface area contributed by atoms with Gasteiger partial charge in [-0.1, -0.05) is 36.0 Å². The van der Waals surface area contributed by atoms with Crippen molar-refractivity contribution in [3.05, 3.63) is 54.1 Å². The van der Waals surface area contributed by atoms with Gasteiger partial charge in [-0.15, -0.1) is 0 Å². The number of carboxylic acid groups (broad SMARTS) is 1. The maximum absolute atomic E-state index is 12.4. The highest BCUT2D eigenvalue weighted by Gasteiger charge is 2.17. The lowest BCUT2D eigenvalue weighted by atomic mass is 10.0. The minimum atomic E-state index is -1.25. The topological polar surface area (TPSA) is 104 Å². The normalized spacial score (nSPS) is 12.1. The van der Waals surface area contributed by atoms with Crippen molar-refractivity contribution in [1.82, 2.24) is 10.3 Å². The molecule has 7 nitrogen and oxygen atoms in total. The maximum Gasteiger partial charge on any atom is 0.257 e. The number of nitrogens with one attached hydrogen (secondary N) is 1. The Bertz CT molecular complexity index is 951. The number of thioether (sulfide) groups is 1. The zero-order chi connectivity index (χ0) is 20.8. The number of ether oxygens (including phenoxy) is 1. The Morgan fingerprint density at radius 1 is 1.17 bits per heavy atom. The molecule has 0 aliphatic rings. The molecule has 2 aromatic carbocycles. The van der Waals surface area contributed by atoms with Gasteiger partial charge in [-0.3, -0.25) is 4.79 Å². The summed E-state index contributed by atoms with van der Waals surface area (Å²) < 4.78 is 11.2. The van der Waals surface area contributed by atoms with Crippen LogP contribution in [0.3, 0.4) is 0 Å². The van der Waals surface area contributed by atoms with Gasteiger partial charge in [-0.25, -0.2) is 4.98 Å². The van der Waals surface area contributed by atoms with Gasteiger partial charge in [0.15, 0.2) is 5.58 Å². The Morgan fingerprint density at radius 2 is 1.90 bits per heavy atom. The van der Waals surface area contributed by atoms with Crippen LogP contribution in [0, 0.1) is 0 Å². The van der Waals surface area contributed by atoms with E-state index in [1.165, 1.54) is 0 Å². The smallest absolute Gasteiger partial charge is 0.257 e.